The molecule has 1 atom stereocenters. The first-order valence-electron chi connectivity index (χ1n) is 5.99. The van der Waals surface area contributed by atoms with Crippen molar-refractivity contribution in [1.82, 2.24) is 9.78 Å². The minimum absolute atomic E-state index is 0.0899. The van der Waals surface area contributed by atoms with E-state index in [1.807, 2.05) is 36.4 Å². The molecule has 1 aliphatic rings. The van der Waals surface area contributed by atoms with Crippen LogP contribution in [0.5, 0.6) is 0 Å². The normalized spacial score (nSPS) is 18.7. The fourth-order valence-corrected chi connectivity index (χ4v) is 2.26. The summed E-state index contributed by atoms with van der Waals surface area (Å²) in [5, 5.41) is 4.38. The zero-order valence-corrected chi connectivity index (χ0v) is 10.4. The molecule has 0 bridgehead atoms. The monoisotopic (exact) mass is 256 g/mol. The van der Waals surface area contributed by atoms with Gasteiger partial charge in [0.05, 0.1) is 17.8 Å². The summed E-state index contributed by atoms with van der Waals surface area (Å²) in [5.41, 5.74) is 2.46. The van der Waals surface area contributed by atoms with Gasteiger partial charge in [0.15, 0.2) is 0 Å². The minimum Gasteiger partial charge on any atom is -0.393 e. The molecule has 0 aliphatic carbocycles. The van der Waals surface area contributed by atoms with Gasteiger partial charge in [-0.1, -0.05) is 30.3 Å². The van der Waals surface area contributed by atoms with Crippen LogP contribution in [0, 0.1) is 0 Å². The maximum Gasteiger partial charge on any atom is 0.323 e. The van der Waals surface area contributed by atoms with Gasteiger partial charge in [-0.3, -0.25) is 14.3 Å². The van der Waals surface area contributed by atoms with Gasteiger partial charge in [-0.2, -0.15) is 5.10 Å². The summed E-state index contributed by atoms with van der Waals surface area (Å²) >= 11 is 0. The van der Waals surface area contributed by atoms with Crippen molar-refractivity contribution in [2.75, 3.05) is 0 Å². The van der Waals surface area contributed by atoms with Crippen LogP contribution in [-0.2, 0) is 21.4 Å². The molecule has 19 heavy (non-hydrogen) atoms. The second kappa shape index (κ2) is 4.35. The van der Waals surface area contributed by atoms with Gasteiger partial charge in [-0.25, -0.2) is 0 Å². The SMILES string of the molecule is Cn1nc(-c2ccccc2)cc1C1CC(=O)OC1=O. The van der Waals surface area contributed by atoms with Gasteiger partial charge in [0.2, 0.25) is 0 Å². The molecule has 1 saturated heterocycles. The highest BCUT2D eigenvalue weighted by molar-refractivity contribution is 5.97. The molecule has 1 aromatic carbocycles. The van der Waals surface area contributed by atoms with Crippen molar-refractivity contribution in [2.24, 2.45) is 7.05 Å². The Labute approximate surface area is 109 Å². The van der Waals surface area contributed by atoms with E-state index < -0.39 is 17.9 Å². The topological polar surface area (TPSA) is 61.2 Å². The van der Waals surface area contributed by atoms with Gasteiger partial charge < -0.3 is 4.74 Å². The van der Waals surface area contributed by atoms with Crippen LogP contribution in [0.25, 0.3) is 11.3 Å². The lowest BCUT2D eigenvalue weighted by molar-refractivity contribution is -0.152. The van der Waals surface area contributed by atoms with Crippen molar-refractivity contribution in [3.05, 3.63) is 42.1 Å². The summed E-state index contributed by atoms with van der Waals surface area (Å²) in [7, 11) is 1.76. The summed E-state index contributed by atoms with van der Waals surface area (Å²) in [5.74, 6) is -1.51. The Bertz CT molecular complexity index is 646. The lowest BCUT2D eigenvalue weighted by Gasteiger charge is -2.03. The predicted molar refractivity (Wildman–Crippen MR) is 67.1 cm³/mol. The Kier molecular flexibility index (Phi) is 2.67. The second-order valence-corrected chi connectivity index (χ2v) is 4.49. The number of hydrogen-bond donors (Lipinski definition) is 0. The van der Waals surface area contributed by atoms with Crippen molar-refractivity contribution in [3.8, 4) is 11.3 Å². The van der Waals surface area contributed by atoms with Crippen molar-refractivity contribution in [1.29, 1.82) is 0 Å². The Morgan fingerprint density at radius 1 is 1.26 bits per heavy atom. The highest BCUT2D eigenvalue weighted by atomic mass is 16.6. The van der Waals surface area contributed by atoms with Crippen LogP contribution >= 0.6 is 0 Å². The third-order valence-corrected chi connectivity index (χ3v) is 3.21. The van der Waals surface area contributed by atoms with Crippen LogP contribution in [0.4, 0.5) is 0 Å². The van der Waals surface area contributed by atoms with Crippen LogP contribution in [0.15, 0.2) is 36.4 Å². The van der Waals surface area contributed by atoms with Crippen LogP contribution in [-0.4, -0.2) is 21.7 Å². The Morgan fingerprint density at radius 3 is 2.63 bits per heavy atom. The number of cyclic esters (lactones) is 2. The number of ether oxygens (including phenoxy) is 1. The number of hydrogen-bond acceptors (Lipinski definition) is 4. The molecule has 1 unspecified atom stereocenters. The van der Waals surface area contributed by atoms with Gasteiger partial charge in [-0.15, -0.1) is 0 Å². The fourth-order valence-electron chi connectivity index (χ4n) is 2.26. The second-order valence-electron chi connectivity index (χ2n) is 4.49. The number of nitrogens with zero attached hydrogens (tertiary/aromatic N) is 2. The third-order valence-electron chi connectivity index (χ3n) is 3.21. The molecule has 0 amide bonds. The van der Waals surface area contributed by atoms with Crippen molar-refractivity contribution in [2.45, 2.75) is 12.3 Å². The first-order valence-corrected chi connectivity index (χ1v) is 5.99. The summed E-state index contributed by atoms with van der Waals surface area (Å²) < 4.78 is 6.21. The molecule has 2 heterocycles. The first-order chi connectivity index (χ1) is 9.15. The smallest absolute Gasteiger partial charge is 0.323 e. The molecule has 1 aromatic heterocycles. The van der Waals surface area contributed by atoms with Crippen LogP contribution in [0.3, 0.4) is 0 Å². The van der Waals surface area contributed by atoms with E-state index in [-0.39, 0.29) is 6.42 Å². The number of aromatic nitrogens is 2. The Balaban J connectivity index is 1.99. The van der Waals surface area contributed by atoms with Gasteiger partial charge in [0.1, 0.15) is 5.92 Å². The van der Waals surface area contributed by atoms with Crippen molar-refractivity contribution < 1.29 is 14.3 Å². The molecule has 5 heteroatoms. The van der Waals surface area contributed by atoms with Crippen molar-refractivity contribution in [3.63, 3.8) is 0 Å². The van der Waals surface area contributed by atoms with Gasteiger partial charge in [-0.05, 0) is 6.07 Å². The van der Waals surface area contributed by atoms with E-state index in [9.17, 15) is 9.59 Å². The molecule has 96 valence electrons. The maximum absolute atomic E-state index is 11.6. The average Bonchev–Trinajstić information content (AvgIpc) is 2.93. The van der Waals surface area contributed by atoms with E-state index in [4.69, 9.17) is 0 Å². The van der Waals surface area contributed by atoms with Crippen molar-refractivity contribution >= 4 is 11.9 Å². The zero-order chi connectivity index (χ0) is 13.4. The standard InChI is InChI=1S/C14H12N2O3/c1-16-12(10-7-13(17)19-14(10)18)8-11(15-16)9-5-3-2-4-6-9/h2-6,8,10H,7H2,1H3. The molecular weight excluding hydrogens is 244 g/mol. The number of esters is 2. The maximum atomic E-state index is 11.6. The highest BCUT2D eigenvalue weighted by Crippen LogP contribution is 2.30. The van der Waals surface area contributed by atoms with Gasteiger partial charge in [0.25, 0.3) is 0 Å². The van der Waals surface area contributed by atoms with E-state index in [0.717, 1.165) is 11.3 Å². The van der Waals surface area contributed by atoms with E-state index in [0.29, 0.717) is 5.69 Å². The molecule has 0 spiro atoms. The quantitative estimate of drug-likeness (QED) is 0.605. The van der Waals surface area contributed by atoms with Gasteiger partial charge in [0, 0.05) is 12.6 Å². The highest BCUT2D eigenvalue weighted by Gasteiger charge is 2.36. The van der Waals surface area contributed by atoms with Gasteiger partial charge >= 0.3 is 11.9 Å². The number of carbonyl (C=O) groups is 2. The average molecular weight is 256 g/mol. The number of rotatable bonds is 2. The molecular formula is C14H12N2O3. The molecule has 0 saturated carbocycles. The summed E-state index contributed by atoms with van der Waals surface area (Å²) in [6.07, 6.45) is 0.0899. The first kappa shape index (κ1) is 11.6. The Hall–Kier alpha value is -2.43. The van der Waals surface area contributed by atoms with Crippen LogP contribution in [0.2, 0.25) is 0 Å². The van der Waals surface area contributed by atoms with E-state index >= 15 is 0 Å². The summed E-state index contributed by atoms with van der Waals surface area (Å²) in [4.78, 5) is 22.8. The molecule has 0 N–H and O–H groups in total. The zero-order valence-electron chi connectivity index (χ0n) is 10.4. The van der Waals surface area contributed by atoms with Crippen LogP contribution < -0.4 is 0 Å². The lowest BCUT2D eigenvalue weighted by Crippen LogP contribution is -2.10. The Morgan fingerprint density at radius 2 is 2.00 bits per heavy atom. The molecule has 3 rings (SSSR count). The van der Waals surface area contributed by atoms with E-state index in [1.54, 1.807) is 11.7 Å². The summed E-state index contributed by atoms with van der Waals surface area (Å²) in [6, 6.07) is 11.5. The third kappa shape index (κ3) is 2.03. The molecule has 2 aromatic rings. The molecule has 1 aliphatic heterocycles. The fraction of sp³-hybridized carbons (Fsp3) is 0.214. The van der Waals surface area contributed by atoms with E-state index in [2.05, 4.69) is 9.84 Å². The molecule has 0 radical (unpaired) electrons. The number of benzene rings is 1. The molecule has 1 fully saturated rings. The summed E-state index contributed by atoms with van der Waals surface area (Å²) in [6.45, 7) is 0. The predicted octanol–water partition coefficient (Wildman–Crippen LogP) is 1.64. The lowest BCUT2D eigenvalue weighted by atomic mass is 10.0. The largest absolute Gasteiger partial charge is 0.393 e. The van der Waals surface area contributed by atoms with Crippen LogP contribution in [0.1, 0.15) is 18.0 Å². The minimum atomic E-state index is -0.539. The molecule has 5 nitrogen and oxygen atoms in total. The number of aryl methyl sites for hydroxylation is 1. The van der Waals surface area contributed by atoms with E-state index in [1.165, 1.54) is 0 Å². The number of carbonyl (C=O) groups excluding carboxylic acids is 2.